The summed E-state index contributed by atoms with van der Waals surface area (Å²) in [4.78, 5) is 50.6. The first kappa shape index (κ1) is 23.4. The quantitative estimate of drug-likeness (QED) is 0.560. The monoisotopic (exact) mass is 456 g/mol. The van der Waals surface area contributed by atoms with Crippen LogP contribution in [0.1, 0.15) is 56.9 Å². The van der Waals surface area contributed by atoms with Gasteiger partial charge in [-0.1, -0.05) is 43.2 Å². The minimum Gasteiger partial charge on any atom is -0.434 e. The van der Waals surface area contributed by atoms with Crippen LogP contribution < -0.4 is 10.6 Å². The number of cyclic esters (lactones) is 1. The van der Waals surface area contributed by atoms with E-state index in [4.69, 9.17) is 4.74 Å². The Kier molecular flexibility index (Phi) is 7.42. The van der Waals surface area contributed by atoms with Crippen LogP contribution in [0.2, 0.25) is 0 Å². The first-order valence-electron chi connectivity index (χ1n) is 12.0. The van der Waals surface area contributed by atoms with Crippen molar-refractivity contribution in [3.05, 3.63) is 35.9 Å². The van der Waals surface area contributed by atoms with Gasteiger partial charge in [0.05, 0.1) is 12.5 Å². The van der Waals surface area contributed by atoms with E-state index in [1.807, 2.05) is 30.3 Å². The number of Topliss-reactive ketones (excluding diaryl/α,β-unsaturated/α-hetero) is 1. The third-order valence-corrected chi connectivity index (χ3v) is 7.25. The first-order chi connectivity index (χ1) is 15.9. The summed E-state index contributed by atoms with van der Waals surface area (Å²) in [6, 6.07) is 8.37. The van der Waals surface area contributed by atoms with E-state index in [0.717, 1.165) is 31.2 Å². The highest BCUT2D eigenvalue weighted by molar-refractivity contribution is 5.95. The van der Waals surface area contributed by atoms with E-state index in [2.05, 4.69) is 10.6 Å². The largest absolute Gasteiger partial charge is 0.434 e. The molecule has 6 atom stereocenters. The number of ketones is 1. The fourth-order valence-electron chi connectivity index (χ4n) is 5.53. The Bertz CT molecular complexity index is 888. The second-order valence-corrected chi connectivity index (χ2v) is 9.46. The highest BCUT2D eigenvalue weighted by Gasteiger charge is 2.48. The Morgan fingerprint density at radius 1 is 1.00 bits per heavy atom. The summed E-state index contributed by atoms with van der Waals surface area (Å²) >= 11 is 0. The normalized spacial score (nSPS) is 31.8. The number of ether oxygens (including phenoxy) is 1. The summed E-state index contributed by atoms with van der Waals surface area (Å²) in [6.45, 7) is 0. The van der Waals surface area contributed by atoms with Crippen LogP contribution in [0.3, 0.4) is 0 Å². The van der Waals surface area contributed by atoms with Gasteiger partial charge >= 0.3 is 5.97 Å². The van der Waals surface area contributed by atoms with Gasteiger partial charge in [-0.15, -0.1) is 0 Å². The summed E-state index contributed by atoms with van der Waals surface area (Å²) in [6.07, 6.45) is 4.14. The van der Waals surface area contributed by atoms with Gasteiger partial charge < -0.3 is 20.5 Å². The Balaban J connectivity index is 1.39. The van der Waals surface area contributed by atoms with E-state index >= 15 is 0 Å². The molecule has 1 saturated heterocycles. The number of esters is 1. The molecule has 3 N–H and O–H groups in total. The zero-order chi connectivity index (χ0) is 23.4. The summed E-state index contributed by atoms with van der Waals surface area (Å²) in [5.74, 6) is -1.97. The lowest BCUT2D eigenvalue weighted by Gasteiger charge is -2.31. The summed E-state index contributed by atoms with van der Waals surface area (Å²) in [5.41, 5.74) is 1.07. The molecule has 8 heteroatoms. The molecule has 3 fully saturated rings. The smallest absolute Gasteiger partial charge is 0.310 e. The molecule has 2 saturated carbocycles. The van der Waals surface area contributed by atoms with Crippen LogP contribution in [0.25, 0.3) is 0 Å². The van der Waals surface area contributed by atoms with E-state index in [1.165, 1.54) is 0 Å². The van der Waals surface area contributed by atoms with Crippen molar-refractivity contribution in [2.45, 2.75) is 76.2 Å². The fraction of sp³-hybridized carbons (Fsp3) is 0.600. The van der Waals surface area contributed by atoms with Gasteiger partial charge in [0.25, 0.3) is 0 Å². The average molecular weight is 457 g/mol. The maximum atomic E-state index is 13.5. The van der Waals surface area contributed by atoms with Crippen molar-refractivity contribution < 1.29 is 29.0 Å². The standard InChI is InChI=1S/C25H32N2O6/c28-20(13-10-15-6-2-1-3-7-15)26-18-9-5-4-8-16-11-12-17(22(16)23(18)30)24(31)27-19-14-21(29)33-25(19)32/h1-3,6-7,16-19,22,25,32H,4-5,8-14H2,(H,26,28)(H,27,31). The van der Waals surface area contributed by atoms with Crippen LogP contribution in [0.15, 0.2) is 30.3 Å². The molecule has 6 unspecified atom stereocenters. The van der Waals surface area contributed by atoms with Crippen LogP contribution >= 0.6 is 0 Å². The van der Waals surface area contributed by atoms with Crippen molar-refractivity contribution in [2.75, 3.05) is 0 Å². The molecule has 33 heavy (non-hydrogen) atoms. The van der Waals surface area contributed by atoms with Crippen molar-refractivity contribution in [1.82, 2.24) is 10.6 Å². The summed E-state index contributed by atoms with van der Waals surface area (Å²) in [5, 5.41) is 15.5. The Morgan fingerprint density at radius 3 is 2.48 bits per heavy atom. The Morgan fingerprint density at radius 2 is 1.76 bits per heavy atom. The van der Waals surface area contributed by atoms with Crippen LogP contribution in [-0.4, -0.2) is 47.0 Å². The minimum atomic E-state index is -1.36. The highest BCUT2D eigenvalue weighted by atomic mass is 16.6. The number of hydrogen-bond acceptors (Lipinski definition) is 6. The van der Waals surface area contributed by atoms with Gasteiger partial charge in [0.15, 0.2) is 5.78 Å². The molecule has 1 heterocycles. The van der Waals surface area contributed by atoms with Crippen LogP contribution in [0.4, 0.5) is 0 Å². The van der Waals surface area contributed by atoms with E-state index < -0.39 is 36.2 Å². The lowest BCUT2D eigenvalue weighted by Crippen LogP contribution is -2.50. The first-order valence-corrected chi connectivity index (χ1v) is 12.0. The van der Waals surface area contributed by atoms with Gasteiger partial charge in [-0.2, -0.15) is 0 Å². The number of fused-ring (bicyclic) bond motifs is 1. The van der Waals surface area contributed by atoms with E-state index in [0.29, 0.717) is 25.7 Å². The van der Waals surface area contributed by atoms with Gasteiger partial charge in [-0.3, -0.25) is 19.2 Å². The molecule has 178 valence electrons. The van der Waals surface area contributed by atoms with Crippen molar-refractivity contribution in [1.29, 1.82) is 0 Å². The number of aryl methyl sites for hydroxylation is 1. The maximum absolute atomic E-state index is 13.5. The van der Waals surface area contributed by atoms with Crippen LogP contribution in [0.5, 0.6) is 0 Å². The molecule has 3 aliphatic rings. The maximum Gasteiger partial charge on any atom is 0.310 e. The number of aliphatic hydroxyl groups is 1. The minimum absolute atomic E-state index is 0.0651. The average Bonchev–Trinajstić information content (AvgIpc) is 3.35. The Labute approximate surface area is 193 Å². The number of nitrogens with one attached hydrogen (secondary N) is 2. The molecular formula is C25H32N2O6. The van der Waals surface area contributed by atoms with Gasteiger partial charge in [-0.25, -0.2) is 0 Å². The molecule has 8 nitrogen and oxygen atoms in total. The number of benzene rings is 1. The van der Waals surface area contributed by atoms with Crippen LogP contribution in [-0.2, 0) is 30.3 Å². The number of carbonyl (C=O) groups is 4. The molecule has 0 radical (unpaired) electrons. The number of rotatable bonds is 6. The van der Waals surface area contributed by atoms with Gasteiger partial charge in [-0.05, 0) is 43.6 Å². The lowest BCUT2D eigenvalue weighted by molar-refractivity contribution is -0.155. The van der Waals surface area contributed by atoms with Gasteiger partial charge in [0.2, 0.25) is 18.1 Å². The summed E-state index contributed by atoms with van der Waals surface area (Å²) < 4.78 is 4.70. The summed E-state index contributed by atoms with van der Waals surface area (Å²) in [7, 11) is 0. The van der Waals surface area contributed by atoms with E-state index in [9.17, 15) is 24.3 Å². The zero-order valence-electron chi connectivity index (χ0n) is 18.7. The molecule has 0 spiro atoms. The number of amides is 2. The SMILES string of the molecule is O=C(CCc1ccccc1)NC1CCCCC2CCC(C(=O)NC3CC(=O)OC3O)C2C1=O. The molecule has 0 aromatic heterocycles. The predicted octanol–water partition coefficient (Wildman–Crippen LogP) is 1.64. The number of carbonyl (C=O) groups excluding carboxylic acids is 4. The molecular weight excluding hydrogens is 424 g/mol. The fourth-order valence-corrected chi connectivity index (χ4v) is 5.53. The zero-order valence-corrected chi connectivity index (χ0v) is 18.7. The second kappa shape index (κ2) is 10.5. The third kappa shape index (κ3) is 5.61. The third-order valence-electron chi connectivity index (χ3n) is 7.25. The molecule has 1 aromatic carbocycles. The van der Waals surface area contributed by atoms with Crippen molar-refractivity contribution in [3.63, 3.8) is 0 Å². The highest BCUT2D eigenvalue weighted by Crippen LogP contribution is 2.43. The van der Waals surface area contributed by atoms with Gasteiger partial charge in [0.1, 0.15) is 6.04 Å². The van der Waals surface area contributed by atoms with Gasteiger partial charge in [0, 0.05) is 18.3 Å². The topological polar surface area (TPSA) is 122 Å². The van der Waals surface area contributed by atoms with Crippen molar-refractivity contribution in [2.24, 2.45) is 17.8 Å². The predicted molar refractivity (Wildman–Crippen MR) is 119 cm³/mol. The lowest BCUT2D eigenvalue weighted by atomic mass is 9.77. The van der Waals surface area contributed by atoms with Crippen LogP contribution in [0, 0.1) is 17.8 Å². The molecule has 1 aromatic rings. The Hall–Kier alpha value is -2.74. The number of aliphatic hydroxyl groups excluding tert-OH is 1. The van der Waals surface area contributed by atoms with Crippen molar-refractivity contribution in [3.8, 4) is 0 Å². The second-order valence-electron chi connectivity index (χ2n) is 9.46. The van der Waals surface area contributed by atoms with E-state index in [1.54, 1.807) is 0 Å². The molecule has 0 bridgehead atoms. The van der Waals surface area contributed by atoms with Crippen molar-refractivity contribution >= 4 is 23.6 Å². The van der Waals surface area contributed by atoms with E-state index in [-0.39, 0.29) is 29.9 Å². The number of hydrogen-bond donors (Lipinski definition) is 3. The molecule has 2 amide bonds. The molecule has 4 rings (SSSR count). The molecule has 2 aliphatic carbocycles. The molecule has 1 aliphatic heterocycles.